The number of nitrogens with two attached hydrogens (primary N) is 1. The fourth-order valence-electron chi connectivity index (χ4n) is 1.79. The third-order valence-electron chi connectivity index (χ3n) is 2.71. The van der Waals surface area contributed by atoms with Gasteiger partial charge >= 0.3 is 0 Å². The van der Waals surface area contributed by atoms with Gasteiger partial charge in [-0.25, -0.2) is 0 Å². The van der Waals surface area contributed by atoms with Crippen molar-refractivity contribution in [2.75, 3.05) is 0 Å². The minimum Gasteiger partial charge on any atom is -0.456 e. The minimum atomic E-state index is 0.112. The second-order valence-corrected chi connectivity index (χ2v) is 6.23. The Hall–Kier alpha value is -0.740. The van der Waals surface area contributed by atoms with Gasteiger partial charge in [-0.3, -0.25) is 0 Å². The van der Waals surface area contributed by atoms with Gasteiger partial charge in [0.1, 0.15) is 16.5 Å². The van der Waals surface area contributed by atoms with Gasteiger partial charge in [0.25, 0.3) is 0 Å². The molecule has 0 aliphatic heterocycles. The Bertz CT molecular complexity index is 617. The van der Waals surface area contributed by atoms with Gasteiger partial charge in [-0.1, -0.05) is 51.3 Å². The summed E-state index contributed by atoms with van der Waals surface area (Å²) in [6.45, 7) is 1.97. The van der Waals surface area contributed by atoms with E-state index in [4.69, 9.17) is 33.7 Å². The number of ether oxygens (including phenoxy) is 1. The van der Waals surface area contributed by atoms with Gasteiger partial charge in [-0.15, -0.1) is 0 Å². The monoisotopic (exact) mass is 373 g/mol. The van der Waals surface area contributed by atoms with E-state index in [-0.39, 0.29) is 6.04 Å². The van der Waals surface area contributed by atoms with Crippen LogP contribution in [0.3, 0.4) is 0 Å². The first-order valence-electron chi connectivity index (χ1n) is 6.13. The molecule has 0 spiro atoms. The SMILES string of the molecule is CC(N)Cc1ccc(Oc2cccc(Cl)c2Cl)cc1Br. The molecule has 0 bridgehead atoms. The average Bonchev–Trinajstić information content (AvgIpc) is 2.38. The summed E-state index contributed by atoms with van der Waals surface area (Å²) >= 11 is 15.6. The predicted octanol–water partition coefficient (Wildman–Crippen LogP) is 5.44. The van der Waals surface area contributed by atoms with E-state index in [1.165, 1.54) is 0 Å². The quantitative estimate of drug-likeness (QED) is 0.773. The van der Waals surface area contributed by atoms with Crippen molar-refractivity contribution in [1.82, 2.24) is 0 Å². The molecular weight excluding hydrogens is 361 g/mol. The van der Waals surface area contributed by atoms with Crippen LogP contribution in [0.15, 0.2) is 40.9 Å². The van der Waals surface area contributed by atoms with Crippen LogP contribution in [0.25, 0.3) is 0 Å². The van der Waals surface area contributed by atoms with Crippen LogP contribution in [-0.4, -0.2) is 6.04 Å². The number of rotatable bonds is 4. The average molecular weight is 375 g/mol. The van der Waals surface area contributed by atoms with E-state index >= 15 is 0 Å². The molecule has 20 heavy (non-hydrogen) atoms. The molecule has 106 valence electrons. The van der Waals surface area contributed by atoms with E-state index in [2.05, 4.69) is 15.9 Å². The van der Waals surface area contributed by atoms with Crippen molar-refractivity contribution in [3.05, 3.63) is 56.5 Å². The van der Waals surface area contributed by atoms with Crippen LogP contribution in [0.4, 0.5) is 0 Å². The second-order valence-electron chi connectivity index (χ2n) is 4.59. The molecular formula is C15H14BrCl2NO. The molecule has 0 saturated carbocycles. The van der Waals surface area contributed by atoms with Crippen LogP contribution in [0.1, 0.15) is 12.5 Å². The first-order valence-corrected chi connectivity index (χ1v) is 7.68. The van der Waals surface area contributed by atoms with Crippen LogP contribution in [0.2, 0.25) is 10.0 Å². The Balaban J connectivity index is 2.22. The molecule has 0 aliphatic rings. The van der Waals surface area contributed by atoms with Crippen molar-refractivity contribution >= 4 is 39.1 Å². The van der Waals surface area contributed by atoms with Crippen molar-refractivity contribution in [3.63, 3.8) is 0 Å². The van der Waals surface area contributed by atoms with Gasteiger partial charge in [0.2, 0.25) is 0 Å². The highest BCUT2D eigenvalue weighted by molar-refractivity contribution is 9.10. The molecule has 0 amide bonds. The Labute approximate surface area is 137 Å². The summed E-state index contributed by atoms with van der Waals surface area (Å²) in [7, 11) is 0. The van der Waals surface area contributed by atoms with Crippen LogP contribution >= 0.6 is 39.1 Å². The van der Waals surface area contributed by atoms with Crippen LogP contribution in [0, 0.1) is 0 Å². The minimum absolute atomic E-state index is 0.112. The number of hydrogen-bond acceptors (Lipinski definition) is 2. The molecule has 1 unspecified atom stereocenters. The molecule has 1 atom stereocenters. The van der Waals surface area contributed by atoms with Crippen molar-refractivity contribution in [1.29, 1.82) is 0 Å². The molecule has 5 heteroatoms. The fraction of sp³-hybridized carbons (Fsp3) is 0.200. The lowest BCUT2D eigenvalue weighted by Gasteiger charge is -2.12. The molecule has 0 aromatic heterocycles. The van der Waals surface area contributed by atoms with Crippen LogP contribution < -0.4 is 10.5 Å². The zero-order valence-corrected chi connectivity index (χ0v) is 14.0. The summed E-state index contributed by atoms with van der Waals surface area (Å²) < 4.78 is 6.72. The van der Waals surface area contributed by atoms with Crippen LogP contribution in [0.5, 0.6) is 11.5 Å². The van der Waals surface area contributed by atoms with Crippen molar-refractivity contribution < 1.29 is 4.74 Å². The van der Waals surface area contributed by atoms with Crippen molar-refractivity contribution in [3.8, 4) is 11.5 Å². The Morgan fingerprint density at radius 1 is 1.25 bits per heavy atom. The van der Waals surface area contributed by atoms with E-state index in [0.717, 1.165) is 16.5 Å². The number of hydrogen-bond donors (Lipinski definition) is 1. The molecule has 2 aromatic carbocycles. The maximum atomic E-state index is 6.10. The first kappa shape index (κ1) is 15.6. The summed E-state index contributed by atoms with van der Waals surface area (Å²) in [4.78, 5) is 0. The Kier molecular flexibility index (Phi) is 5.33. The summed E-state index contributed by atoms with van der Waals surface area (Å²) in [5, 5.41) is 0.877. The highest BCUT2D eigenvalue weighted by Gasteiger charge is 2.09. The molecule has 0 fully saturated rings. The third kappa shape index (κ3) is 3.89. The van der Waals surface area contributed by atoms with Gasteiger partial charge in [-0.05, 0) is 43.2 Å². The fourth-order valence-corrected chi connectivity index (χ4v) is 2.64. The van der Waals surface area contributed by atoms with E-state index in [0.29, 0.717) is 21.5 Å². The van der Waals surface area contributed by atoms with Crippen LogP contribution in [-0.2, 0) is 6.42 Å². The third-order valence-corrected chi connectivity index (χ3v) is 4.25. The van der Waals surface area contributed by atoms with Gasteiger partial charge in [0.05, 0.1) is 5.02 Å². The molecule has 0 saturated heterocycles. The van der Waals surface area contributed by atoms with E-state index in [1.54, 1.807) is 18.2 Å². The lowest BCUT2D eigenvalue weighted by atomic mass is 10.1. The lowest BCUT2D eigenvalue weighted by Crippen LogP contribution is -2.17. The predicted molar refractivity (Wildman–Crippen MR) is 88.0 cm³/mol. The highest BCUT2D eigenvalue weighted by Crippen LogP contribution is 2.35. The molecule has 0 heterocycles. The molecule has 2 N–H and O–H groups in total. The molecule has 0 aliphatic carbocycles. The number of halogens is 3. The zero-order chi connectivity index (χ0) is 14.7. The van der Waals surface area contributed by atoms with E-state index < -0.39 is 0 Å². The maximum absolute atomic E-state index is 6.10. The normalized spacial score (nSPS) is 12.2. The maximum Gasteiger partial charge on any atom is 0.147 e. The van der Waals surface area contributed by atoms with Gasteiger partial charge in [-0.2, -0.15) is 0 Å². The van der Waals surface area contributed by atoms with Crippen molar-refractivity contribution in [2.45, 2.75) is 19.4 Å². The molecule has 0 radical (unpaired) electrons. The zero-order valence-electron chi connectivity index (χ0n) is 10.9. The summed E-state index contributed by atoms with van der Waals surface area (Å²) in [6, 6.07) is 11.2. The molecule has 2 aromatic rings. The summed E-state index contributed by atoms with van der Waals surface area (Å²) in [6.07, 6.45) is 0.804. The smallest absolute Gasteiger partial charge is 0.147 e. The summed E-state index contributed by atoms with van der Waals surface area (Å²) in [5.74, 6) is 1.22. The second kappa shape index (κ2) is 6.81. The highest BCUT2D eigenvalue weighted by atomic mass is 79.9. The van der Waals surface area contributed by atoms with Gasteiger partial charge in [0.15, 0.2) is 0 Å². The number of benzene rings is 2. The van der Waals surface area contributed by atoms with E-state index in [9.17, 15) is 0 Å². The lowest BCUT2D eigenvalue weighted by molar-refractivity contribution is 0.482. The standard InChI is InChI=1S/C15H14BrCl2NO/c1-9(19)7-10-5-6-11(8-12(10)16)20-14-4-2-3-13(17)15(14)18/h2-6,8-9H,7,19H2,1H3. The Morgan fingerprint density at radius 2 is 2.00 bits per heavy atom. The van der Waals surface area contributed by atoms with Crippen molar-refractivity contribution in [2.24, 2.45) is 5.73 Å². The molecule has 2 nitrogen and oxygen atoms in total. The largest absolute Gasteiger partial charge is 0.456 e. The molecule has 2 rings (SSSR count). The van der Waals surface area contributed by atoms with Gasteiger partial charge in [0, 0.05) is 10.5 Å². The Morgan fingerprint density at radius 3 is 2.65 bits per heavy atom. The first-order chi connectivity index (χ1) is 9.47. The topological polar surface area (TPSA) is 35.2 Å². The van der Waals surface area contributed by atoms with E-state index in [1.807, 2.05) is 25.1 Å². The van der Waals surface area contributed by atoms with Gasteiger partial charge < -0.3 is 10.5 Å². The summed E-state index contributed by atoms with van der Waals surface area (Å²) in [5.41, 5.74) is 6.95.